The van der Waals surface area contributed by atoms with E-state index in [1.807, 2.05) is 6.92 Å². The van der Waals surface area contributed by atoms with Crippen LogP contribution in [0.25, 0.3) is 5.65 Å². The molecule has 0 radical (unpaired) electrons. The number of nitrogens with one attached hydrogen (secondary N) is 1. The van der Waals surface area contributed by atoms with Crippen molar-refractivity contribution in [2.75, 3.05) is 5.32 Å². The highest BCUT2D eigenvalue weighted by molar-refractivity contribution is 6.29. The lowest BCUT2D eigenvalue weighted by molar-refractivity contribution is -0.105. The van der Waals surface area contributed by atoms with Crippen molar-refractivity contribution < 1.29 is 4.79 Å². The first-order valence-electron chi connectivity index (χ1n) is 4.49. The maximum absolute atomic E-state index is 10.4. The van der Waals surface area contributed by atoms with Crippen molar-refractivity contribution in [3.8, 4) is 0 Å². The summed E-state index contributed by atoms with van der Waals surface area (Å²) in [6.07, 6.45) is 4.58. The van der Waals surface area contributed by atoms with Gasteiger partial charge in [-0.1, -0.05) is 18.5 Å². The van der Waals surface area contributed by atoms with E-state index in [-0.39, 0.29) is 0 Å². The molecule has 6 heteroatoms. The molecule has 0 spiro atoms. The van der Waals surface area contributed by atoms with Crippen LogP contribution in [0.2, 0.25) is 5.15 Å². The lowest BCUT2D eigenvalue weighted by Gasteiger charge is -2.06. The summed E-state index contributed by atoms with van der Waals surface area (Å²) in [7, 11) is 0. The van der Waals surface area contributed by atoms with Crippen molar-refractivity contribution in [2.45, 2.75) is 13.3 Å². The minimum absolute atomic E-state index is 0.389. The predicted molar refractivity (Wildman–Crippen MR) is 57.1 cm³/mol. The molecule has 2 rings (SSSR count). The minimum atomic E-state index is 0.389. The van der Waals surface area contributed by atoms with Gasteiger partial charge in [-0.2, -0.15) is 5.10 Å². The van der Waals surface area contributed by atoms with Crippen molar-refractivity contribution in [2.24, 2.45) is 0 Å². The van der Waals surface area contributed by atoms with Gasteiger partial charge in [0.1, 0.15) is 5.15 Å². The Morgan fingerprint density at radius 1 is 1.67 bits per heavy atom. The number of rotatable bonds is 3. The third-order valence-corrected chi connectivity index (χ3v) is 2.31. The monoisotopic (exact) mass is 224 g/mol. The number of imidazole rings is 1. The van der Waals surface area contributed by atoms with Gasteiger partial charge >= 0.3 is 0 Å². The van der Waals surface area contributed by atoms with Crippen LogP contribution in [0.1, 0.15) is 12.5 Å². The van der Waals surface area contributed by atoms with E-state index < -0.39 is 0 Å². The minimum Gasteiger partial charge on any atom is -0.327 e. The molecule has 15 heavy (non-hydrogen) atoms. The highest BCUT2D eigenvalue weighted by Gasteiger charge is 2.09. The average molecular weight is 225 g/mol. The van der Waals surface area contributed by atoms with Crippen LogP contribution in [0.15, 0.2) is 12.4 Å². The third-order valence-electron chi connectivity index (χ3n) is 2.13. The predicted octanol–water partition coefficient (Wildman–Crippen LogP) is 1.51. The molecule has 0 saturated heterocycles. The number of fused-ring (bicyclic) bond motifs is 1. The van der Waals surface area contributed by atoms with Crippen molar-refractivity contribution >= 4 is 29.3 Å². The molecule has 0 fully saturated rings. The van der Waals surface area contributed by atoms with Gasteiger partial charge in [0.15, 0.2) is 5.65 Å². The summed E-state index contributed by atoms with van der Waals surface area (Å²) < 4.78 is 1.59. The van der Waals surface area contributed by atoms with Crippen LogP contribution in [0.5, 0.6) is 0 Å². The van der Waals surface area contributed by atoms with E-state index in [9.17, 15) is 4.79 Å². The van der Waals surface area contributed by atoms with Crippen LogP contribution in [0, 0.1) is 0 Å². The highest BCUT2D eigenvalue weighted by Crippen LogP contribution is 2.20. The number of hydrogen-bond acceptors (Lipinski definition) is 3. The number of halogens is 1. The van der Waals surface area contributed by atoms with Crippen molar-refractivity contribution in [1.82, 2.24) is 14.6 Å². The molecular formula is C9H9ClN4O. The van der Waals surface area contributed by atoms with E-state index in [2.05, 4.69) is 15.4 Å². The molecule has 0 atom stereocenters. The van der Waals surface area contributed by atoms with Gasteiger partial charge in [-0.15, -0.1) is 0 Å². The highest BCUT2D eigenvalue weighted by atomic mass is 35.5. The lowest BCUT2D eigenvalue weighted by Crippen LogP contribution is -2.03. The molecule has 0 aliphatic heterocycles. The summed E-state index contributed by atoms with van der Waals surface area (Å²) >= 11 is 5.78. The second-order valence-corrected chi connectivity index (χ2v) is 3.37. The van der Waals surface area contributed by atoms with Gasteiger partial charge in [0, 0.05) is 5.56 Å². The number of anilines is 1. The lowest BCUT2D eigenvalue weighted by atomic mass is 10.2. The molecule has 0 unspecified atom stereocenters. The Kier molecular flexibility index (Phi) is 2.55. The molecule has 0 bridgehead atoms. The van der Waals surface area contributed by atoms with E-state index >= 15 is 0 Å². The Hall–Kier alpha value is -1.62. The summed E-state index contributed by atoms with van der Waals surface area (Å²) in [4.78, 5) is 14.5. The number of nitrogens with zero attached hydrogens (tertiary/aromatic N) is 3. The van der Waals surface area contributed by atoms with Crippen LogP contribution in [-0.2, 0) is 11.2 Å². The van der Waals surface area contributed by atoms with Gasteiger partial charge in [0.2, 0.25) is 6.41 Å². The second-order valence-electron chi connectivity index (χ2n) is 2.98. The Bertz CT molecular complexity index is 508. The van der Waals surface area contributed by atoms with E-state index in [1.165, 1.54) is 0 Å². The Balaban J connectivity index is 2.68. The zero-order chi connectivity index (χ0) is 10.8. The number of amides is 1. The molecule has 78 valence electrons. The topological polar surface area (TPSA) is 59.3 Å². The maximum Gasteiger partial charge on any atom is 0.211 e. The van der Waals surface area contributed by atoms with Crippen molar-refractivity contribution in [3.63, 3.8) is 0 Å². The molecule has 1 amide bonds. The van der Waals surface area contributed by atoms with Crippen LogP contribution >= 0.6 is 11.6 Å². The standard InChI is InChI=1S/C9H9ClN4O/c1-2-6-7(11-5-15)3-12-14-4-8(10)13-9(6)14/h3-5H,2H2,1H3,(H,11,15). The van der Waals surface area contributed by atoms with Crippen molar-refractivity contribution in [3.05, 3.63) is 23.1 Å². The second kappa shape index (κ2) is 3.86. The first-order chi connectivity index (χ1) is 7.26. The number of hydrogen-bond donors (Lipinski definition) is 1. The van der Waals surface area contributed by atoms with Crippen LogP contribution < -0.4 is 5.32 Å². The van der Waals surface area contributed by atoms with Crippen molar-refractivity contribution in [1.29, 1.82) is 0 Å². The molecule has 5 nitrogen and oxygen atoms in total. The molecule has 2 aromatic heterocycles. The van der Waals surface area contributed by atoms with E-state index in [0.717, 1.165) is 12.0 Å². The molecule has 0 aliphatic rings. The Labute approximate surface area is 91.1 Å². The molecule has 1 N–H and O–H groups in total. The average Bonchev–Trinajstić information content (AvgIpc) is 2.58. The fourth-order valence-corrected chi connectivity index (χ4v) is 1.66. The van der Waals surface area contributed by atoms with Crippen LogP contribution in [0.4, 0.5) is 5.69 Å². The molecule has 2 aromatic rings. The fraction of sp³-hybridized carbons (Fsp3) is 0.222. The third kappa shape index (κ3) is 1.66. The fourth-order valence-electron chi connectivity index (χ4n) is 1.49. The van der Waals surface area contributed by atoms with Gasteiger partial charge in [-0.05, 0) is 6.42 Å². The van der Waals surface area contributed by atoms with Gasteiger partial charge in [-0.3, -0.25) is 4.79 Å². The number of carbonyl (C=O) groups is 1. The summed E-state index contributed by atoms with van der Waals surface area (Å²) in [6, 6.07) is 0. The molecular weight excluding hydrogens is 216 g/mol. The molecule has 0 aromatic carbocycles. The SMILES string of the molecule is CCc1c(NC=O)cnn2cc(Cl)nc12. The van der Waals surface area contributed by atoms with Gasteiger partial charge < -0.3 is 5.32 Å². The normalized spacial score (nSPS) is 10.5. The number of aromatic nitrogens is 3. The first kappa shape index (κ1) is 9.92. The molecule has 2 heterocycles. The Morgan fingerprint density at radius 3 is 3.13 bits per heavy atom. The van der Waals surface area contributed by atoms with Gasteiger partial charge in [0.05, 0.1) is 18.1 Å². The zero-order valence-corrected chi connectivity index (χ0v) is 8.82. The summed E-state index contributed by atoms with van der Waals surface area (Å²) in [6.45, 7) is 1.98. The maximum atomic E-state index is 10.4. The molecule has 0 aliphatic carbocycles. The van der Waals surface area contributed by atoms with Gasteiger partial charge in [-0.25, -0.2) is 9.50 Å². The quantitative estimate of drug-likeness (QED) is 0.804. The zero-order valence-electron chi connectivity index (χ0n) is 8.07. The van der Waals surface area contributed by atoms with Gasteiger partial charge in [0.25, 0.3) is 0 Å². The number of carbonyl (C=O) groups excluding carboxylic acids is 1. The van der Waals surface area contributed by atoms with Crippen LogP contribution in [-0.4, -0.2) is 21.0 Å². The summed E-state index contributed by atoms with van der Waals surface area (Å²) in [5, 5.41) is 7.06. The number of aryl methyl sites for hydroxylation is 1. The van der Waals surface area contributed by atoms with E-state index in [4.69, 9.17) is 11.6 Å². The smallest absolute Gasteiger partial charge is 0.211 e. The Morgan fingerprint density at radius 2 is 2.47 bits per heavy atom. The summed E-state index contributed by atoms with van der Waals surface area (Å²) in [5.74, 6) is 0. The summed E-state index contributed by atoms with van der Waals surface area (Å²) in [5.41, 5.74) is 2.26. The van der Waals surface area contributed by atoms with E-state index in [1.54, 1.807) is 16.9 Å². The van der Waals surface area contributed by atoms with E-state index in [0.29, 0.717) is 22.9 Å². The van der Waals surface area contributed by atoms with Crippen LogP contribution in [0.3, 0.4) is 0 Å². The molecule has 0 saturated carbocycles. The largest absolute Gasteiger partial charge is 0.327 e. The first-order valence-corrected chi connectivity index (χ1v) is 4.87.